The predicted octanol–water partition coefficient (Wildman–Crippen LogP) is 3.80. The van der Waals surface area contributed by atoms with E-state index in [1.807, 2.05) is 24.3 Å². The maximum absolute atomic E-state index is 12.2. The van der Waals surface area contributed by atoms with Gasteiger partial charge < -0.3 is 5.32 Å². The highest BCUT2D eigenvalue weighted by atomic mass is 32.1. The second kappa shape index (κ2) is 7.58. The first-order valence-electron chi connectivity index (χ1n) is 8.39. The van der Waals surface area contributed by atoms with E-state index in [-0.39, 0.29) is 11.3 Å². The maximum atomic E-state index is 12.2. The van der Waals surface area contributed by atoms with Crippen LogP contribution in [-0.2, 0) is 5.41 Å². The van der Waals surface area contributed by atoms with E-state index in [1.165, 1.54) is 18.4 Å². The van der Waals surface area contributed by atoms with Crippen LogP contribution in [0.3, 0.4) is 0 Å². The van der Waals surface area contributed by atoms with Crippen molar-refractivity contribution in [3.8, 4) is 0 Å². The normalized spacial score (nSPS) is 15.7. The fraction of sp³-hybridized carbons (Fsp3) is 0.300. The van der Waals surface area contributed by atoms with E-state index in [4.69, 9.17) is 12.2 Å². The molecule has 0 unspecified atom stereocenters. The van der Waals surface area contributed by atoms with E-state index < -0.39 is 0 Å². The molecule has 0 spiro atoms. The molecule has 2 aromatic rings. The second-order valence-corrected chi connectivity index (χ2v) is 6.76. The molecule has 1 aliphatic rings. The maximum Gasteiger partial charge on any atom is 0.257 e. The molecule has 0 atom stereocenters. The van der Waals surface area contributed by atoms with Gasteiger partial charge in [0.15, 0.2) is 5.11 Å². The molecule has 4 heteroatoms. The number of carbonyl (C=O) groups is 1. The van der Waals surface area contributed by atoms with Crippen LogP contribution < -0.4 is 10.6 Å². The highest BCUT2D eigenvalue weighted by Crippen LogP contribution is 2.40. The van der Waals surface area contributed by atoms with Crippen LogP contribution in [0.1, 0.15) is 41.6 Å². The highest BCUT2D eigenvalue weighted by Gasteiger charge is 2.35. The van der Waals surface area contributed by atoms with Crippen molar-refractivity contribution in [1.82, 2.24) is 10.6 Å². The summed E-state index contributed by atoms with van der Waals surface area (Å²) in [6, 6.07) is 19.7. The Hall–Kier alpha value is -2.20. The number of hydrogen-bond donors (Lipinski definition) is 2. The van der Waals surface area contributed by atoms with E-state index in [1.54, 1.807) is 12.1 Å². The topological polar surface area (TPSA) is 41.1 Å². The molecule has 2 aromatic carbocycles. The smallest absolute Gasteiger partial charge is 0.257 e. The van der Waals surface area contributed by atoms with Crippen LogP contribution >= 0.6 is 12.2 Å². The molecule has 0 aliphatic heterocycles. The van der Waals surface area contributed by atoms with Gasteiger partial charge in [-0.2, -0.15) is 0 Å². The molecule has 1 fully saturated rings. The van der Waals surface area contributed by atoms with Crippen molar-refractivity contribution in [2.75, 3.05) is 6.54 Å². The molecule has 24 heavy (non-hydrogen) atoms. The lowest BCUT2D eigenvalue weighted by atomic mass is 9.79. The van der Waals surface area contributed by atoms with Crippen LogP contribution in [0.15, 0.2) is 60.7 Å². The number of amides is 1. The molecular weight excluding hydrogens is 316 g/mol. The first kappa shape index (κ1) is 16.7. The van der Waals surface area contributed by atoms with Gasteiger partial charge in [0.05, 0.1) is 0 Å². The van der Waals surface area contributed by atoms with Gasteiger partial charge in [0.25, 0.3) is 5.91 Å². The summed E-state index contributed by atoms with van der Waals surface area (Å²) < 4.78 is 0. The predicted molar refractivity (Wildman–Crippen MR) is 101 cm³/mol. The summed E-state index contributed by atoms with van der Waals surface area (Å²) in [6.45, 7) is 0.755. The average molecular weight is 338 g/mol. The molecule has 0 heterocycles. The molecule has 0 bridgehead atoms. The van der Waals surface area contributed by atoms with E-state index in [2.05, 4.69) is 34.9 Å². The number of thiocarbonyl (C=S) groups is 1. The van der Waals surface area contributed by atoms with Crippen molar-refractivity contribution in [2.45, 2.75) is 31.1 Å². The Bertz CT molecular complexity index is 694. The summed E-state index contributed by atoms with van der Waals surface area (Å²) in [5.74, 6) is -0.173. The highest BCUT2D eigenvalue weighted by molar-refractivity contribution is 7.80. The summed E-state index contributed by atoms with van der Waals surface area (Å²) in [7, 11) is 0. The fourth-order valence-electron chi connectivity index (χ4n) is 3.47. The molecule has 1 saturated carbocycles. The lowest BCUT2D eigenvalue weighted by molar-refractivity contribution is 0.0976. The zero-order valence-electron chi connectivity index (χ0n) is 13.6. The van der Waals surface area contributed by atoms with Crippen molar-refractivity contribution in [1.29, 1.82) is 0 Å². The van der Waals surface area contributed by atoms with Crippen molar-refractivity contribution >= 4 is 23.2 Å². The van der Waals surface area contributed by atoms with Gasteiger partial charge in [0.1, 0.15) is 0 Å². The van der Waals surface area contributed by atoms with Gasteiger partial charge in [-0.3, -0.25) is 10.1 Å². The van der Waals surface area contributed by atoms with Crippen LogP contribution in [0.4, 0.5) is 0 Å². The Labute approximate surface area is 148 Å². The minimum Gasteiger partial charge on any atom is -0.361 e. The summed E-state index contributed by atoms with van der Waals surface area (Å²) in [6.07, 6.45) is 4.78. The number of nitrogens with one attached hydrogen (secondary N) is 2. The fourth-order valence-corrected chi connectivity index (χ4v) is 3.63. The van der Waals surface area contributed by atoms with Crippen molar-refractivity contribution in [2.24, 2.45) is 0 Å². The van der Waals surface area contributed by atoms with Crippen LogP contribution in [-0.4, -0.2) is 17.6 Å². The summed E-state index contributed by atoms with van der Waals surface area (Å²) in [5.41, 5.74) is 2.08. The van der Waals surface area contributed by atoms with Gasteiger partial charge in [-0.1, -0.05) is 61.4 Å². The van der Waals surface area contributed by atoms with Crippen LogP contribution in [0.5, 0.6) is 0 Å². The molecule has 0 aromatic heterocycles. The first-order valence-corrected chi connectivity index (χ1v) is 8.80. The van der Waals surface area contributed by atoms with Crippen LogP contribution in [0, 0.1) is 0 Å². The van der Waals surface area contributed by atoms with E-state index >= 15 is 0 Å². The third-order valence-electron chi connectivity index (χ3n) is 4.80. The lowest BCUT2D eigenvalue weighted by Gasteiger charge is -2.30. The Morgan fingerprint density at radius 1 is 0.958 bits per heavy atom. The third kappa shape index (κ3) is 3.82. The molecular formula is C20H22N2OS. The van der Waals surface area contributed by atoms with E-state index in [0.717, 1.165) is 19.4 Å². The molecule has 2 N–H and O–H groups in total. The Balaban J connectivity index is 1.61. The molecule has 0 saturated heterocycles. The summed E-state index contributed by atoms with van der Waals surface area (Å²) in [4.78, 5) is 12.2. The van der Waals surface area contributed by atoms with Gasteiger partial charge in [0, 0.05) is 17.5 Å². The van der Waals surface area contributed by atoms with Crippen molar-refractivity contribution in [3.63, 3.8) is 0 Å². The zero-order chi connectivity index (χ0) is 16.8. The van der Waals surface area contributed by atoms with Gasteiger partial charge in [-0.15, -0.1) is 0 Å². The Morgan fingerprint density at radius 2 is 1.54 bits per heavy atom. The van der Waals surface area contributed by atoms with E-state index in [9.17, 15) is 4.79 Å². The van der Waals surface area contributed by atoms with Gasteiger partial charge in [-0.25, -0.2) is 0 Å². The third-order valence-corrected chi connectivity index (χ3v) is 5.04. The monoisotopic (exact) mass is 338 g/mol. The molecule has 1 aliphatic carbocycles. The van der Waals surface area contributed by atoms with Crippen LogP contribution in [0.2, 0.25) is 0 Å². The standard InChI is InChI=1S/C20H22N2OS/c23-18(16-9-3-1-4-10-16)22-19(24)21-15-20(13-7-8-14-20)17-11-5-2-6-12-17/h1-6,9-12H,7-8,13-15H2,(H2,21,22,23,24). The van der Waals surface area contributed by atoms with Gasteiger partial charge >= 0.3 is 0 Å². The lowest BCUT2D eigenvalue weighted by Crippen LogP contribution is -2.45. The SMILES string of the molecule is O=C(NC(=S)NCC1(c2ccccc2)CCCC1)c1ccccc1. The Morgan fingerprint density at radius 3 is 2.17 bits per heavy atom. The van der Waals surface area contributed by atoms with Crippen molar-refractivity contribution in [3.05, 3.63) is 71.8 Å². The number of rotatable bonds is 4. The number of carbonyl (C=O) groups excluding carboxylic acids is 1. The average Bonchev–Trinajstić information content (AvgIpc) is 3.12. The summed E-state index contributed by atoms with van der Waals surface area (Å²) in [5, 5.41) is 6.43. The number of benzene rings is 2. The quantitative estimate of drug-likeness (QED) is 0.833. The minimum absolute atomic E-state index is 0.114. The minimum atomic E-state index is -0.173. The van der Waals surface area contributed by atoms with Crippen molar-refractivity contribution < 1.29 is 4.79 Å². The summed E-state index contributed by atoms with van der Waals surface area (Å²) >= 11 is 5.32. The Kier molecular flexibility index (Phi) is 5.26. The largest absolute Gasteiger partial charge is 0.361 e. The molecule has 1 amide bonds. The molecule has 3 rings (SSSR count). The van der Waals surface area contributed by atoms with Gasteiger partial charge in [0.2, 0.25) is 0 Å². The van der Waals surface area contributed by atoms with E-state index in [0.29, 0.717) is 10.7 Å². The molecule has 0 radical (unpaired) electrons. The first-order chi connectivity index (χ1) is 11.7. The number of hydrogen-bond acceptors (Lipinski definition) is 2. The zero-order valence-corrected chi connectivity index (χ0v) is 14.4. The van der Waals surface area contributed by atoms with Gasteiger partial charge in [-0.05, 0) is 42.8 Å². The molecule has 124 valence electrons. The second-order valence-electron chi connectivity index (χ2n) is 6.36. The van der Waals surface area contributed by atoms with Crippen LogP contribution in [0.25, 0.3) is 0 Å². The molecule has 3 nitrogen and oxygen atoms in total.